The maximum absolute atomic E-state index is 12.2. The van der Waals surface area contributed by atoms with Crippen LogP contribution in [0.25, 0.3) is 0 Å². The van der Waals surface area contributed by atoms with E-state index in [9.17, 15) is 8.42 Å². The predicted octanol–water partition coefficient (Wildman–Crippen LogP) is 0.679. The largest absolute Gasteiger partial charge is 0.375 e. The van der Waals surface area contributed by atoms with E-state index in [1.807, 2.05) is 25.7 Å². The zero-order valence-electron chi connectivity index (χ0n) is 13.7. The quantitative estimate of drug-likeness (QED) is 0.457. The minimum absolute atomic E-state index is 0.126. The van der Waals surface area contributed by atoms with Gasteiger partial charge in [-0.15, -0.1) is 11.3 Å². The predicted molar refractivity (Wildman–Crippen MR) is 92.5 cm³/mol. The summed E-state index contributed by atoms with van der Waals surface area (Å²) in [5.74, 6) is 0.432. The molecule has 1 unspecified atom stereocenters. The van der Waals surface area contributed by atoms with Gasteiger partial charge in [0.15, 0.2) is 5.96 Å². The normalized spacial score (nSPS) is 20.0. The fourth-order valence-corrected chi connectivity index (χ4v) is 5.00. The second-order valence-electron chi connectivity index (χ2n) is 5.54. The van der Waals surface area contributed by atoms with E-state index in [0.29, 0.717) is 37.1 Å². The van der Waals surface area contributed by atoms with Crippen molar-refractivity contribution in [2.24, 2.45) is 10.7 Å². The van der Waals surface area contributed by atoms with E-state index in [1.165, 1.54) is 11.3 Å². The van der Waals surface area contributed by atoms with Gasteiger partial charge in [0.1, 0.15) is 0 Å². The van der Waals surface area contributed by atoms with Gasteiger partial charge in [-0.1, -0.05) is 0 Å². The third-order valence-corrected chi connectivity index (χ3v) is 6.21. The minimum atomic E-state index is -3.48. The molecule has 2 rings (SSSR count). The number of morpholine rings is 1. The number of hydrogen-bond donors (Lipinski definition) is 2. The highest BCUT2D eigenvalue weighted by Gasteiger charge is 2.19. The average molecular weight is 361 g/mol. The maximum Gasteiger partial charge on any atom is 0.241 e. The summed E-state index contributed by atoms with van der Waals surface area (Å²) in [5, 5.41) is 0. The van der Waals surface area contributed by atoms with Crippen LogP contribution >= 0.6 is 11.3 Å². The zero-order valence-corrected chi connectivity index (χ0v) is 15.3. The number of aryl methyl sites for hydroxylation is 2. The highest BCUT2D eigenvalue weighted by atomic mass is 32.2. The summed E-state index contributed by atoms with van der Waals surface area (Å²) in [4.78, 5) is 8.32. The molecule has 7 nitrogen and oxygen atoms in total. The zero-order chi connectivity index (χ0) is 17.0. The number of nitrogens with zero attached hydrogens (tertiary/aromatic N) is 2. The summed E-state index contributed by atoms with van der Waals surface area (Å²) in [6, 6.07) is 1.69. The Balaban J connectivity index is 1.86. The van der Waals surface area contributed by atoms with Crippen LogP contribution in [0.2, 0.25) is 0 Å². The fraction of sp³-hybridized carbons (Fsp3) is 0.643. The van der Waals surface area contributed by atoms with Crippen LogP contribution < -0.4 is 10.5 Å². The van der Waals surface area contributed by atoms with Crippen LogP contribution in [0.1, 0.15) is 16.7 Å². The molecule has 1 aliphatic heterocycles. The lowest BCUT2D eigenvalue weighted by Crippen LogP contribution is -2.48. The van der Waals surface area contributed by atoms with E-state index in [4.69, 9.17) is 10.5 Å². The van der Waals surface area contributed by atoms with Crippen molar-refractivity contribution in [2.45, 2.75) is 31.8 Å². The average Bonchev–Trinajstić information content (AvgIpc) is 2.83. The smallest absolute Gasteiger partial charge is 0.241 e. The molecule has 1 saturated heterocycles. The lowest BCUT2D eigenvalue weighted by atomic mass is 10.3. The number of guanidine groups is 1. The first-order chi connectivity index (χ1) is 10.8. The van der Waals surface area contributed by atoms with Gasteiger partial charge in [-0.3, -0.25) is 4.99 Å². The van der Waals surface area contributed by atoms with Gasteiger partial charge in [0.2, 0.25) is 10.0 Å². The second-order valence-corrected chi connectivity index (χ2v) is 8.74. The molecule has 130 valence electrons. The van der Waals surface area contributed by atoms with Crippen molar-refractivity contribution in [3.05, 3.63) is 15.8 Å². The summed E-state index contributed by atoms with van der Waals surface area (Å²) in [5.41, 5.74) is 5.94. The van der Waals surface area contributed by atoms with Crippen LogP contribution in [-0.4, -0.2) is 58.2 Å². The van der Waals surface area contributed by atoms with Crippen molar-refractivity contribution >= 4 is 27.3 Å². The molecule has 0 spiro atoms. The Hall–Kier alpha value is -1.16. The molecule has 9 heteroatoms. The molecule has 0 radical (unpaired) electrons. The Kier molecular flexibility index (Phi) is 6.01. The molecule has 23 heavy (non-hydrogen) atoms. The summed E-state index contributed by atoms with van der Waals surface area (Å²) in [6.07, 6.45) is 0.126. The maximum atomic E-state index is 12.2. The van der Waals surface area contributed by atoms with E-state index in [1.54, 1.807) is 6.07 Å². The number of nitrogens with one attached hydrogen (secondary N) is 1. The number of rotatable bonds is 5. The molecule has 0 saturated carbocycles. The molecule has 1 atom stereocenters. The van der Waals surface area contributed by atoms with Crippen LogP contribution in [0, 0.1) is 13.8 Å². The first-order valence-electron chi connectivity index (χ1n) is 7.53. The monoisotopic (exact) mass is 360 g/mol. The van der Waals surface area contributed by atoms with Crippen molar-refractivity contribution in [1.82, 2.24) is 9.62 Å². The van der Waals surface area contributed by atoms with Crippen LogP contribution in [0.3, 0.4) is 0 Å². The topological polar surface area (TPSA) is 97.0 Å². The fourth-order valence-electron chi connectivity index (χ4n) is 2.43. The summed E-state index contributed by atoms with van der Waals surface area (Å²) >= 11 is 1.47. The number of thiophene rings is 1. The molecule has 0 aliphatic carbocycles. The Labute approximate surface area is 141 Å². The van der Waals surface area contributed by atoms with Crippen molar-refractivity contribution in [3.63, 3.8) is 0 Å². The first-order valence-corrected chi connectivity index (χ1v) is 9.82. The third kappa shape index (κ3) is 4.90. The van der Waals surface area contributed by atoms with Gasteiger partial charge in [0, 0.05) is 29.4 Å². The highest BCUT2D eigenvalue weighted by Crippen LogP contribution is 2.24. The molecule has 0 bridgehead atoms. The van der Waals surface area contributed by atoms with Gasteiger partial charge in [-0.2, -0.15) is 0 Å². The molecule has 1 aliphatic rings. The van der Waals surface area contributed by atoms with Crippen LogP contribution in [0.4, 0.5) is 0 Å². The van der Waals surface area contributed by atoms with E-state index >= 15 is 0 Å². The van der Waals surface area contributed by atoms with E-state index < -0.39 is 10.0 Å². The van der Waals surface area contributed by atoms with Gasteiger partial charge >= 0.3 is 0 Å². The van der Waals surface area contributed by atoms with E-state index in [0.717, 1.165) is 9.75 Å². The van der Waals surface area contributed by atoms with Crippen molar-refractivity contribution < 1.29 is 13.2 Å². The van der Waals surface area contributed by atoms with Crippen molar-refractivity contribution in [2.75, 3.05) is 32.8 Å². The Bertz CT molecular complexity index is 670. The molecule has 1 aromatic heterocycles. The van der Waals surface area contributed by atoms with Gasteiger partial charge < -0.3 is 15.4 Å². The molecule has 0 aromatic carbocycles. The standard InChI is InChI=1S/C14H24N4O3S2/c1-10-9-18(6-7-21-10)14(15)16-4-5-17-23(19,20)13-8-11(2)22-12(13)3/h8,10,17H,4-7,9H2,1-3H3,(H2,15,16). The Morgan fingerprint density at radius 1 is 1.57 bits per heavy atom. The Morgan fingerprint density at radius 3 is 2.91 bits per heavy atom. The van der Waals surface area contributed by atoms with Crippen LogP contribution in [0.5, 0.6) is 0 Å². The SMILES string of the molecule is Cc1cc(S(=O)(=O)NCCN=C(N)N2CCOC(C)C2)c(C)s1. The molecular formula is C14H24N4O3S2. The lowest BCUT2D eigenvalue weighted by molar-refractivity contribution is 0.00530. The number of sulfonamides is 1. The van der Waals surface area contributed by atoms with Crippen LogP contribution in [0.15, 0.2) is 16.0 Å². The molecule has 1 aromatic rings. The van der Waals surface area contributed by atoms with E-state index in [-0.39, 0.29) is 12.6 Å². The van der Waals surface area contributed by atoms with Gasteiger partial charge in [0.25, 0.3) is 0 Å². The lowest BCUT2D eigenvalue weighted by Gasteiger charge is -2.31. The third-order valence-electron chi connectivity index (χ3n) is 3.53. The number of aliphatic imine (C=N–C) groups is 1. The van der Waals surface area contributed by atoms with Crippen molar-refractivity contribution in [3.8, 4) is 0 Å². The van der Waals surface area contributed by atoms with Gasteiger partial charge in [0.05, 0.1) is 24.2 Å². The molecule has 0 amide bonds. The van der Waals surface area contributed by atoms with Crippen molar-refractivity contribution in [1.29, 1.82) is 0 Å². The second kappa shape index (κ2) is 7.61. The molecule has 3 N–H and O–H groups in total. The summed E-state index contributed by atoms with van der Waals surface area (Å²) in [6.45, 7) is 8.25. The minimum Gasteiger partial charge on any atom is -0.375 e. The van der Waals surface area contributed by atoms with Gasteiger partial charge in [-0.05, 0) is 26.8 Å². The highest BCUT2D eigenvalue weighted by molar-refractivity contribution is 7.89. The molecule has 1 fully saturated rings. The first kappa shape index (κ1) is 18.2. The molecular weight excluding hydrogens is 336 g/mol. The Morgan fingerprint density at radius 2 is 2.30 bits per heavy atom. The van der Waals surface area contributed by atoms with E-state index in [2.05, 4.69) is 9.71 Å². The molecule has 2 heterocycles. The number of hydrogen-bond acceptors (Lipinski definition) is 5. The number of nitrogens with two attached hydrogens (primary N) is 1. The summed E-state index contributed by atoms with van der Waals surface area (Å²) < 4.78 is 32.5. The van der Waals surface area contributed by atoms with Crippen LogP contribution in [-0.2, 0) is 14.8 Å². The number of ether oxygens (including phenoxy) is 1. The van der Waals surface area contributed by atoms with Gasteiger partial charge in [-0.25, -0.2) is 13.1 Å². The summed E-state index contributed by atoms with van der Waals surface area (Å²) in [7, 11) is -3.48.